The molecule has 0 radical (unpaired) electrons. The van der Waals surface area contributed by atoms with E-state index in [9.17, 15) is 8.42 Å². The van der Waals surface area contributed by atoms with Crippen molar-refractivity contribution in [2.24, 2.45) is 17.2 Å². The van der Waals surface area contributed by atoms with Crippen LogP contribution in [-0.2, 0) is 14.6 Å². The van der Waals surface area contributed by atoms with Crippen LogP contribution in [0.15, 0.2) is 0 Å². The molecule has 0 fully saturated rings. The lowest BCUT2D eigenvalue weighted by Gasteiger charge is -2.02. The summed E-state index contributed by atoms with van der Waals surface area (Å²) in [6, 6.07) is 0. The van der Waals surface area contributed by atoms with Gasteiger partial charge < -0.3 is 32.5 Å². The Bertz CT molecular complexity index is 347. The molecule has 10 N–H and O–H groups in total. The molecule has 0 aromatic carbocycles. The number of unbranched alkanes of at least 4 members (excludes halogenated alkanes) is 10. The number of hydrogen-bond donors (Lipinski definition) is 7. The van der Waals surface area contributed by atoms with Gasteiger partial charge >= 0.3 is 10.4 Å². The lowest BCUT2D eigenvalue weighted by atomic mass is 10.1. The second-order valence-electron chi connectivity index (χ2n) is 6.32. The lowest BCUT2D eigenvalue weighted by Crippen LogP contribution is -2.04. The predicted molar refractivity (Wildman–Crippen MR) is 122 cm³/mol. The van der Waals surface area contributed by atoms with Gasteiger partial charge in [0, 0.05) is 19.6 Å². The molecule has 11 heteroatoms. The number of aliphatic hydroxyl groups is 3. The number of hydrogen-bond acceptors (Lipinski definition) is 9. The summed E-state index contributed by atoms with van der Waals surface area (Å²) >= 11 is 0. The van der Waals surface area contributed by atoms with Crippen molar-refractivity contribution in [1.29, 1.82) is 0 Å². The summed E-state index contributed by atoms with van der Waals surface area (Å²) in [5, 5.41) is 23.2. The van der Waals surface area contributed by atoms with Crippen LogP contribution in [0.3, 0.4) is 0 Å². The van der Waals surface area contributed by atoms with Crippen molar-refractivity contribution in [3.63, 3.8) is 0 Å². The Balaban J connectivity index is -0.000000229. The van der Waals surface area contributed by atoms with Gasteiger partial charge in [0.2, 0.25) is 0 Å². The molecule has 0 aliphatic rings. The van der Waals surface area contributed by atoms with Crippen molar-refractivity contribution in [1.82, 2.24) is 0 Å². The molecule has 0 aliphatic heterocycles. The zero-order valence-electron chi connectivity index (χ0n) is 18.9. The first-order valence-electron chi connectivity index (χ1n) is 10.9. The van der Waals surface area contributed by atoms with Crippen LogP contribution in [0.25, 0.3) is 0 Å². The SMILES string of the molecule is CCCCCCCCCCCCCOS(=O)(=O)O.NCCO.NCCO.NCCO. The highest BCUT2D eigenvalue weighted by molar-refractivity contribution is 7.80. The van der Waals surface area contributed by atoms with Gasteiger partial charge in [0.25, 0.3) is 0 Å². The van der Waals surface area contributed by atoms with Crippen LogP contribution < -0.4 is 17.2 Å². The van der Waals surface area contributed by atoms with E-state index in [-0.39, 0.29) is 26.4 Å². The standard InChI is InChI=1S/C13H28O4S.3C2H7NO/c1-2-3-4-5-6-7-8-9-10-11-12-13-17-18(14,15)16;3*3-1-2-4/h2-13H2,1H3,(H,14,15,16);3*4H,1-3H2. The first-order chi connectivity index (χ1) is 14.3. The first-order valence-corrected chi connectivity index (χ1v) is 12.2. The van der Waals surface area contributed by atoms with E-state index < -0.39 is 10.4 Å². The van der Waals surface area contributed by atoms with Crippen LogP contribution in [0.5, 0.6) is 0 Å². The van der Waals surface area contributed by atoms with Crippen LogP contribution in [-0.4, -0.2) is 74.4 Å². The van der Waals surface area contributed by atoms with E-state index in [2.05, 4.69) is 11.1 Å². The molecule has 0 unspecified atom stereocenters. The molecular weight excluding hydrogens is 414 g/mol. The summed E-state index contributed by atoms with van der Waals surface area (Å²) in [6.07, 6.45) is 13.3. The van der Waals surface area contributed by atoms with Crippen molar-refractivity contribution < 1.29 is 32.5 Å². The fourth-order valence-electron chi connectivity index (χ4n) is 1.93. The Morgan fingerprint density at radius 3 is 1.13 bits per heavy atom. The topological polar surface area (TPSA) is 202 Å². The molecule has 0 bridgehead atoms. The highest BCUT2D eigenvalue weighted by Gasteiger charge is 2.02. The van der Waals surface area contributed by atoms with Crippen molar-refractivity contribution in [2.45, 2.75) is 77.6 Å². The van der Waals surface area contributed by atoms with Gasteiger partial charge in [0.05, 0.1) is 26.4 Å². The van der Waals surface area contributed by atoms with E-state index in [1.807, 2.05) is 0 Å². The van der Waals surface area contributed by atoms with Gasteiger partial charge in [-0.15, -0.1) is 0 Å². The van der Waals surface area contributed by atoms with Gasteiger partial charge in [0.15, 0.2) is 0 Å². The zero-order valence-corrected chi connectivity index (χ0v) is 19.7. The van der Waals surface area contributed by atoms with Gasteiger partial charge in [-0.05, 0) is 6.42 Å². The van der Waals surface area contributed by atoms with E-state index in [0.717, 1.165) is 12.8 Å². The quantitative estimate of drug-likeness (QED) is 0.127. The van der Waals surface area contributed by atoms with Crippen LogP contribution >= 0.6 is 0 Å². The van der Waals surface area contributed by atoms with E-state index in [4.69, 9.17) is 37.1 Å². The molecule has 30 heavy (non-hydrogen) atoms. The van der Waals surface area contributed by atoms with Crippen molar-refractivity contribution >= 4 is 10.4 Å². The minimum atomic E-state index is -4.24. The molecule has 10 nitrogen and oxygen atoms in total. The highest BCUT2D eigenvalue weighted by Crippen LogP contribution is 2.11. The molecule has 0 spiro atoms. The summed E-state index contributed by atoms with van der Waals surface area (Å²) in [4.78, 5) is 0. The molecule has 0 heterocycles. The Labute approximate surface area is 184 Å². The third-order valence-corrected chi connectivity index (χ3v) is 3.83. The molecule has 0 atom stereocenters. The maximum atomic E-state index is 10.2. The maximum absolute atomic E-state index is 10.2. The molecule has 0 saturated heterocycles. The maximum Gasteiger partial charge on any atom is 0.397 e. The second kappa shape index (κ2) is 36.0. The summed E-state index contributed by atoms with van der Waals surface area (Å²) in [7, 11) is -4.24. The van der Waals surface area contributed by atoms with Gasteiger partial charge in [-0.3, -0.25) is 4.55 Å². The fraction of sp³-hybridized carbons (Fsp3) is 1.00. The molecule has 0 aromatic heterocycles. The fourth-order valence-corrected chi connectivity index (χ4v) is 2.26. The number of rotatable bonds is 16. The number of nitrogens with two attached hydrogens (primary N) is 3. The third-order valence-electron chi connectivity index (χ3n) is 3.37. The Morgan fingerprint density at radius 1 is 0.633 bits per heavy atom. The molecule has 0 amide bonds. The summed E-state index contributed by atoms with van der Waals surface area (Å²) in [6.45, 7) is 3.74. The normalized spacial score (nSPS) is 10.1. The van der Waals surface area contributed by atoms with Crippen LogP contribution in [0.1, 0.15) is 77.6 Å². The minimum Gasteiger partial charge on any atom is -0.395 e. The average Bonchev–Trinajstić information content (AvgIpc) is 2.74. The third kappa shape index (κ3) is 63.0. The monoisotopic (exact) mass is 463 g/mol. The van der Waals surface area contributed by atoms with Gasteiger partial charge in [-0.25, -0.2) is 4.18 Å². The Morgan fingerprint density at radius 2 is 0.900 bits per heavy atom. The first kappa shape index (κ1) is 37.0. The molecule has 0 aromatic rings. The summed E-state index contributed by atoms with van der Waals surface area (Å²) in [5.41, 5.74) is 14.3. The molecule has 0 aliphatic carbocycles. The molecular formula is C19H49N3O7S. The minimum absolute atomic E-state index is 0.0931. The Hall–Kier alpha value is -0.370. The van der Waals surface area contributed by atoms with Gasteiger partial charge in [0.1, 0.15) is 0 Å². The van der Waals surface area contributed by atoms with Crippen molar-refractivity contribution in [3.05, 3.63) is 0 Å². The van der Waals surface area contributed by atoms with Gasteiger partial charge in [-0.1, -0.05) is 71.1 Å². The Kier molecular flexibility index (Phi) is 44.4. The van der Waals surface area contributed by atoms with Crippen molar-refractivity contribution in [3.8, 4) is 0 Å². The zero-order chi connectivity index (χ0) is 23.9. The predicted octanol–water partition coefficient (Wildman–Crippen LogP) is 0.929. The summed E-state index contributed by atoms with van der Waals surface area (Å²) in [5.74, 6) is 0. The van der Waals surface area contributed by atoms with E-state index in [0.29, 0.717) is 26.1 Å². The highest BCUT2D eigenvalue weighted by atomic mass is 32.3. The van der Waals surface area contributed by atoms with Crippen LogP contribution in [0, 0.1) is 0 Å². The van der Waals surface area contributed by atoms with E-state index >= 15 is 0 Å². The van der Waals surface area contributed by atoms with Crippen LogP contribution in [0.4, 0.5) is 0 Å². The van der Waals surface area contributed by atoms with E-state index in [1.165, 1.54) is 51.4 Å². The number of aliphatic hydroxyl groups excluding tert-OH is 3. The second-order valence-corrected chi connectivity index (χ2v) is 7.41. The van der Waals surface area contributed by atoms with E-state index in [1.54, 1.807) is 0 Å². The molecule has 0 rings (SSSR count). The summed E-state index contributed by atoms with van der Waals surface area (Å²) < 4.78 is 33.1. The van der Waals surface area contributed by atoms with Gasteiger partial charge in [-0.2, -0.15) is 8.42 Å². The molecule has 188 valence electrons. The molecule has 0 saturated carbocycles. The lowest BCUT2D eigenvalue weighted by molar-refractivity contribution is 0.261. The largest absolute Gasteiger partial charge is 0.397 e. The smallest absolute Gasteiger partial charge is 0.395 e. The van der Waals surface area contributed by atoms with Crippen LogP contribution in [0.2, 0.25) is 0 Å². The average molecular weight is 464 g/mol. The van der Waals surface area contributed by atoms with Crippen molar-refractivity contribution in [2.75, 3.05) is 46.1 Å².